The average Bonchev–Trinajstić information content (AvgIpc) is 2.01. The normalized spacial score (nSPS) is 17.8. The topological polar surface area (TPSA) is 9.23 Å². The summed E-state index contributed by atoms with van der Waals surface area (Å²) in [5.41, 5.74) is 0.955. The van der Waals surface area contributed by atoms with Crippen LogP contribution in [-0.2, 0) is 0 Å². The number of halogens is 1. The van der Waals surface area contributed by atoms with Crippen LogP contribution < -0.4 is 4.74 Å². The largest absolute Gasteiger partial charge is 0.483 e. The number of hydrogen-bond acceptors (Lipinski definition) is 1. The number of fused-ring (bicyclic) bond motifs is 1. The molecular weight excluding hydrogens is 228 g/mol. The van der Waals surface area contributed by atoms with Gasteiger partial charge in [-0.15, -0.1) is 0 Å². The van der Waals surface area contributed by atoms with E-state index in [1.54, 1.807) is 0 Å². The fourth-order valence-corrected chi connectivity index (χ4v) is 1.68. The molecule has 1 aliphatic rings. The molecular formula is C11H11BrO. The molecule has 0 fully saturated rings. The minimum Gasteiger partial charge on any atom is -0.483 e. The highest BCUT2D eigenvalue weighted by Gasteiger charge is 2.21. The standard InChI is InChI=1S/C11H11BrO/c1-11(2)6-5-8-3-4-9(12)7-10(8)13-11/h3-7H,1-2H3. The van der Waals surface area contributed by atoms with E-state index in [0.29, 0.717) is 0 Å². The summed E-state index contributed by atoms with van der Waals surface area (Å²) in [4.78, 5) is 0. The molecule has 1 nitrogen and oxygen atoms in total. The van der Waals surface area contributed by atoms with Crippen molar-refractivity contribution < 1.29 is 4.74 Å². The zero-order valence-electron chi connectivity index (χ0n) is 7.67. The molecule has 1 aliphatic heterocycles. The molecule has 0 aromatic heterocycles. The summed E-state index contributed by atoms with van der Waals surface area (Å²) >= 11 is 3.42. The third-order valence-electron chi connectivity index (χ3n) is 2.01. The summed E-state index contributed by atoms with van der Waals surface area (Å²) in [6.07, 6.45) is 4.18. The summed E-state index contributed by atoms with van der Waals surface area (Å²) in [7, 11) is 0. The second kappa shape index (κ2) is 2.88. The Labute approximate surface area is 86.5 Å². The smallest absolute Gasteiger partial charge is 0.128 e. The molecule has 2 heteroatoms. The van der Waals surface area contributed by atoms with E-state index in [1.807, 2.05) is 32.0 Å². The highest BCUT2D eigenvalue weighted by molar-refractivity contribution is 9.10. The van der Waals surface area contributed by atoms with Crippen molar-refractivity contribution in [2.24, 2.45) is 0 Å². The number of rotatable bonds is 0. The van der Waals surface area contributed by atoms with Crippen LogP contribution in [0.1, 0.15) is 19.4 Å². The summed E-state index contributed by atoms with van der Waals surface area (Å²) in [6.45, 7) is 4.10. The Hall–Kier alpha value is -0.760. The first-order chi connectivity index (χ1) is 6.07. The Kier molecular flexibility index (Phi) is 1.95. The zero-order chi connectivity index (χ0) is 9.47. The van der Waals surface area contributed by atoms with Crippen LogP contribution >= 0.6 is 15.9 Å². The van der Waals surface area contributed by atoms with Crippen molar-refractivity contribution in [3.05, 3.63) is 34.3 Å². The van der Waals surface area contributed by atoms with Gasteiger partial charge in [-0.3, -0.25) is 0 Å². The van der Waals surface area contributed by atoms with Crippen LogP contribution in [0.2, 0.25) is 0 Å². The van der Waals surface area contributed by atoms with Crippen LogP contribution in [0.3, 0.4) is 0 Å². The van der Waals surface area contributed by atoms with Crippen molar-refractivity contribution in [2.75, 3.05) is 0 Å². The van der Waals surface area contributed by atoms with Crippen molar-refractivity contribution in [1.29, 1.82) is 0 Å². The van der Waals surface area contributed by atoms with Crippen molar-refractivity contribution in [3.63, 3.8) is 0 Å². The van der Waals surface area contributed by atoms with Gasteiger partial charge < -0.3 is 4.74 Å². The Morgan fingerprint density at radius 3 is 2.85 bits per heavy atom. The van der Waals surface area contributed by atoms with E-state index in [1.165, 1.54) is 0 Å². The summed E-state index contributed by atoms with van der Waals surface area (Å²) in [5, 5.41) is 0. The predicted molar refractivity (Wildman–Crippen MR) is 57.9 cm³/mol. The molecule has 0 aliphatic carbocycles. The van der Waals surface area contributed by atoms with E-state index in [-0.39, 0.29) is 5.60 Å². The van der Waals surface area contributed by atoms with Crippen LogP contribution in [-0.4, -0.2) is 5.60 Å². The molecule has 0 radical (unpaired) electrons. The first-order valence-corrected chi connectivity index (χ1v) is 5.04. The minimum absolute atomic E-state index is 0.187. The molecule has 0 amide bonds. The summed E-state index contributed by atoms with van der Waals surface area (Å²) in [5.74, 6) is 0.946. The molecule has 2 rings (SSSR count). The molecule has 0 atom stereocenters. The number of ether oxygens (including phenoxy) is 1. The molecule has 0 N–H and O–H groups in total. The van der Waals surface area contributed by atoms with Gasteiger partial charge in [0, 0.05) is 10.0 Å². The Balaban J connectivity index is 2.48. The average molecular weight is 239 g/mol. The molecule has 13 heavy (non-hydrogen) atoms. The fourth-order valence-electron chi connectivity index (χ4n) is 1.34. The molecule has 0 saturated heterocycles. The van der Waals surface area contributed by atoms with Gasteiger partial charge in [0.15, 0.2) is 0 Å². The number of hydrogen-bond donors (Lipinski definition) is 0. The minimum atomic E-state index is -0.187. The van der Waals surface area contributed by atoms with E-state index in [9.17, 15) is 0 Å². The van der Waals surface area contributed by atoms with Gasteiger partial charge in [0.1, 0.15) is 11.4 Å². The van der Waals surface area contributed by atoms with Gasteiger partial charge in [-0.1, -0.05) is 28.1 Å². The van der Waals surface area contributed by atoms with Crippen molar-refractivity contribution in [3.8, 4) is 5.75 Å². The van der Waals surface area contributed by atoms with Crippen molar-refractivity contribution >= 4 is 22.0 Å². The van der Waals surface area contributed by atoms with Crippen molar-refractivity contribution in [1.82, 2.24) is 0 Å². The van der Waals surface area contributed by atoms with Crippen LogP contribution in [0.15, 0.2) is 28.7 Å². The number of benzene rings is 1. The van der Waals surface area contributed by atoms with Gasteiger partial charge >= 0.3 is 0 Å². The highest BCUT2D eigenvalue weighted by atomic mass is 79.9. The lowest BCUT2D eigenvalue weighted by Crippen LogP contribution is -2.27. The Morgan fingerprint density at radius 2 is 2.08 bits per heavy atom. The molecule has 0 unspecified atom stereocenters. The van der Waals surface area contributed by atoms with Gasteiger partial charge in [0.25, 0.3) is 0 Å². The molecule has 1 aromatic rings. The molecule has 0 saturated carbocycles. The van der Waals surface area contributed by atoms with E-state index in [4.69, 9.17) is 4.74 Å². The molecule has 1 aromatic carbocycles. The maximum Gasteiger partial charge on any atom is 0.128 e. The van der Waals surface area contributed by atoms with Crippen molar-refractivity contribution in [2.45, 2.75) is 19.4 Å². The fraction of sp³-hybridized carbons (Fsp3) is 0.273. The maximum atomic E-state index is 5.78. The first-order valence-electron chi connectivity index (χ1n) is 4.25. The van der Waals surface area contributed by atoms with Gasteiger partial charge in [-0.25, -0.2) is 0 Å². The summed E-state index contributed by atoms with van der Waals surface area (Å²) in [6, 6.07) is 6.07. The quantitative estimate of drug-likeness (QED) is 0.671. The Morgan fingerprint density at radius 1 is 1.31 bits per heavy atom. The molecule has 68 valence electrons. The lowest BCUT2D eigenvalue weighted by atomic mass is 10.0. The first kappa shape index (κ1) is 8.82. The Bertz CT molecular complexity index is 366. The molecule has 1 heterocycles. The second-order valence-electron chi connectivity index (χ2n) is 3.72. The third-order valence-corrected chi connectivity index (χ3v) is 2.51. The predicted octanol–water partition coefficient (Wildman–Crippen LogP) is 3.63. The SMILES string of the molecule is CC1(C)C=Cc2ccc(Br)cc2O1. The van der Waals surface area contributed by atoms with Gasteiger partial charge in [0.05, 0.1) is 0 Å². The second-order valence-corrected chi connectivity index (χ2v) is 4.64. The molecule has 0 bridgehead atoms. The van der Waals surface area contributed by atoms with E-state index >= 15 is 0 Å². The molecule has 0 spiro atoms. The van der Waals surface area contributed by atoms with Gasteiger partial charge in [-0.2, -0.15) is 0 Å². The van der Waals surface area contributed by atoms with Crippen LogP contribution in [0, 0.1) is 0 Å². The van der Waals surface area contributed by atoms with Gasteiger partial charge in [0.2, 0.25) is 0 Å². The summed E-state index contributed by atoms with van der Waals surface area (Å²) < 4.78 is 6.84. The van der Waals surface area contributed by atoms with E-state index < -0.39 is 0 Å². The maximum absolute atomic E-state index is 5.78. The van der Waals surface area contributed by atoms with Crippen LogP contribution in [0.5, 0.6) is 5.75 Å². The monoisotopic (exact) mass is 238 g/mol. The zero-order valence-corrected chi connectivity index (χ0v) is 9.26. The lowest BCUT2D eigenvalue weighted by molar-refractivity contribution is 0.159. The van der Waals surface area contributed by atoms with E-state index in [2.05, 4.69) is 28.1 Å². The van der Waals surface area contributed by atoms with E-state index in [0.717, 1.165) is 15.8 Å². The van der Waals surface area contributed by atoms with Crippen LogP contribution in [0.25, 0.3) is 6.08 Å². The highest BCUT2D eigenvalue weighted by Crippen LogP contribution is 2.32. The lowest BCUT2D eigenvalue weighted by Gasteiger charge is -2.27. The third kappa shape index (κ3) is 1.78. The van der Waals surface area contributed by atoms with Crippen LogP contribution in [0.4, 0.5) is 0 Å². The van der Waals surface area contributed by atoms with Gasteiger partial charge in [-0.05, 0) is 32.1 Å².